The molecule has 25 heavy (non-hydrogen) atoms. The lowest BCUT2D eigenvalue weighted by Crippen LogP contribution is -2.40. The zero-order valence-corrected chi connectivity index (χ0v) is 16.6. The second kappa shape index (κ2) is 9.60. The highest BCUT2D eigenvalue weighted by Gasteiger charge is 2.28. The summed E-state index contributed by atoms with van der Waals surface area (Å²) in [6.07, 6.45) is 2.78. The first-order valence-electron chi connectivity index (χ1n) is 9.22. The number of hydrogen-bond acceptors (Lipinski definition) is 5. The Hall–Kier alpha value is -1.04. The maximum absolute atomic E-state index is 12.1. The molecule has 0 bridgehead atoms. The van der Waals surface area contributed by atoms with E-state index >= 15 is 0 Å². The molecule has 0 amide bonds. The summed E-state index contributed by atoms with van der Waals surface area (Å²) in [6.45, 7) is 8.71. The molecule has 0 spiro atoms. The Kier molecular flexibility index (Phi) is 7.79. The molecule has 1 unspecified atom stereocenters. The molecule has 1 heterocycles. The van der Waals surface area contributed by atoms with E-state index in [2.05, 4.69) is 29.2 Å². The number of likely N-dealkylation sites (tertiary alicyclic amines) is 1. The number of piperidine rings is 1. The molecule has 5 heteroatoms. The maximum atomic E-state index is 12.1. The molecule has 1 fully saturated rings. The van der Waals surface area contributed by atoms with Gasteiger partial charge in [0.05, 0.1) is 5.92 Å². The third kappa shape index (κ3) is 7.80. The van der Waals surface area contributed by atoms with Crippen LogP contribution in [0.25, 0.3) is 0 Å². The second-order valence-electron chi connectivity index (χ2n) is 7.82. The highest BCUT2D eigenvalue weighted by atomic mass is 32.2. The van der Waals surface area contributed by atoms with Gasteiger partial charge >= 0.3 is 5.97 Å². The van der Waals surface area contributed by atoms with Gasteiger partial charge in [-0.1, -0.05) is 18.2 Å². The van der Waals surface area contributed by atoms with Crippen molar-refractivity contribution in [1.29, 1.82) is 0 Å². The number of nitrogens with zero attached hydrogens (tertiary/aromatic N) is 1. The molecule has 1 aromatic carbocycles. The van der Waals surface area contributed by atoms with Crippen molar-refractivity contribution >= 4 is 17.7 Å². The van der Waals surface area contributed by atoms with Crippen molar-refractivity contribution in [2.75, 3.05) is 25.4 Å². The van der Waals surface area contributed by atoms with Crippen LogP contribution in [0.5, 0.6) is 0 Å². The fourth-order valence-corrected chi connectivity index (χ4v) is 3.85. The molecule has 1 saturated heterocycles. The maximum Gasteiger partial charge on any atom is 0.309 e. The number of hydrogen-bond donors (Lipinski definition) is 1. The second-order valence-corrected chi connectivity index (χ2v) is 8.92. The van der Waals surface area contributed by atoms with Crippen molar-refractivity contribution in [3.8, 4) is 0 Å². The molecule has 1 atom stereocenters. The molecule has 2 N–H and O–H groups in total. The van der Waals surface area contributed by atoms with Gasteiger partial charge in [0.15, 0.2) is 0 Å². The number of benzene rings is 1. The predicted molar refractivity (Wildman–Crippen MR) is 105 cm³/mol. The van der Waals surface area contributed by atoms with E-state index in [1.165, 1.54) is 4.90 Å². The first kappa shape index (κ1) is 20.3. The molecular weight excluding hydrogens is 332 g/mol. The highest BCUT2D eigenvalue weighted by molar-refractivity contribution is 7.99. The average Bonchev–Trinajstić information content (AvgIpc) is 2.58. The first-order valence-corrected chi connectivity index (χ1v) is 10.2. The van der Waals surface area contributed by atoms with Gasteiger partial charge in [-0.05, 0) is 71.8 Å². The van der Waals surface area contributed by atoms with Gasteiger partial charge in [0.25, 0.3) is 0 Å². The summed E-state index contributed by atoms with van der Waals surface area (Å²) in [5, 5.41) is 0. The Balaban J connectivity index is 1.62. The summed E-state index contributed by atoms with van der Waals surface area (Å²) < 4.78 is 5.50. The fraction of sp³-hybridized carbons (Fsp3) is 0.650. The minimum Gasteiger partial charge on any atom is -0.460 e. The molecule has 2 rings (SSSR count). The zero-order chi connectivity index (χ0) is 18.3. The van der Waals surface area contributed by atoms with E-state index in [0.29, 0.717) is 0 Å². The predicted octanol–water partition coefficient (Wildman–Crippen LogP) is 3.55. The number of carbonyl (C=O) groups excluding carboxylic acids is 1. The summed E-state index contributed by atoms with van der Waals surface area (Å²) >= 11 is 1.82. The van der Waals surface area contributed by atoms with Gasteiger partial charge in [-0.2, -0.15) is 0 Å². The number of rotatable bonds is 7. The van der Waals surface area contributed by atoms with Crippen molar-refractivity contribution in [3.63, 3.8) is 0 Å². The molecule has 1 aliphatic heterocycles. The monoisotopic (exact) mass is 364 g/mol. The molecule has 0 aliphatic carbocycles. The Labute approximate surface area is 156 Å². The zero-order valence-electron chi connectivity index (χ0n) is 15.7. The van der Waals surface area contributed by atoms with Crippen molar-refractivity contribution < 1.29 is 9.53 Å². The normalized spacial score (nSPS) is 18.1. The van der Waals surface area contributed by atoms with Crippen LogP contribution in [0, 0.1) is 5.92 Å². The lowest BCUT2D eigenvalue weighted by molar-refractivity contribution is -0.161. The smallest absolute Gasteiger partial charge is 0.309 e. The van der Waals surface area contributed by atoms with Gasteiger partial charge in [-0.3, -0.25) is 4.79 Å². The van der Waals surface area contributed by atoms with E-state index in [9.17, 15) is 4.79 Å². The lowest BCUT2D eigenvalue weighted by Gasteiger charge is -2.32. The SMILES string of the molecule is CC(C)(C)OC(=O)C1CCN(CCC(N)CSc2ccccc2)CC1. The van der Waals surface area contributed by atoms with Gasteiger partial charge in [0.2, 0.25) is 0 Å². The number of ether oxygens (including phenoxy) is 1. The van der Waals surface area contributed by atoms with Crippen LogP contribution in [0.1, 0.15) is 40.0 Å². The van der Waals surface area contributed by atoms with Gasteiger partial charge in [-0.15, -0.1) is 11.8 Å². The summed E-state index contributed by atoms with van der Waals surface area (Å²) in [7, 11) is 0. The van der Waals surface area contributed by atoms with E-state index in [1.54, 1.807) is 0 Å². The molecule has 0 aromatic heterocycles. The van der Waals surface area contributed by atoms with E-state index in [1.807, 2.05) is 38.6 Å². The van der Waals surface area contributed by atoms with Gasteiger partial charge in [0.1, 0.15) is 5.60 Å². The van der Waals surface area contributed by atoms with Crippen LogP contribution >= 0.6 is 11.8 Å². The van der Waals surface area contributed by atoms with Crippen molar-refractivity contribution in [1.82, 2.24) is 4.90 Å². The minimum absolute atomic E-state index is 0.0388. The van der Waals surface area contributed by atoms with Gasteiger partial charge in [0, 0.05) is 16.7 Å². The summed E-state index contributed by atoms with van der Waals surface area (Å²) in [4.78, 5) is 15.8. The molecular formula is C20H32N2O2S. The standard InChI is InChI=1S/C20H32N2O2S/c1-20(2,3)24-19(23)16-9-12-22(13-10-16)14-11-17(21)15-25-18-7-5-4-6-8-18/h4-8,16-17H,9-15,21H2,1-3H3. The quantitative estimate of drug-likeness (QED) is 0.592. The largest absolute Gasteiger partial charge is 0.460 e. The topological polar surface area (TPSA) is 55.6 Å². The van der Waals surface area contributed by atoms with E-state index < -0.39 is 5.60 Å². The molecule has 140 valence electrons. The highest BCUT2D eigenvalue weighted by Crippen LogP contribution is 2.22. The fourth-order valence-electron chi connectivity index (χ4n) is 2.93. The number of carbonyl (C=O) groups is 1. The lowest BCUT2D eigenvalue weighted by atomic mass is 9.96. The van der Waals surface area contributed by atoms with Gasteiger partial charge in [-0.25, -0.2) is 0 Å². The molecule has 4 nitrogen and oxygen atoms in total. The third-order valence-corrected chi connectivity index (χ3v) is 5.55. The molecule has 0 radical (unpaired) electrons. The third-order valence-electron chi connectivity index (χ3n) is 4.35. The van der Waals surface area contributed by atoms with Crippen LogP contribution in [0.3, 0.4) is 0 Å². The number of nitrogens with two attached hydrogens (primary N) is 1. The van der Waals surface area contributed by atoms with Crippen molar-refractivity contribution in [2.45, 2.75) is 56.6 Å². The van der Waals surface area contributed by atoms with Crippen LogP contribution in [0.2, 0.25) is 0 Å². The van der Waals surface area contributed by atoms with Crippen LogP contribution in [0.4, 0.5) is 0 Å². The summed E-state index contributed by atoms with van der Waals surface area (Å²) in [5.41, 5.74) is 5.87. The Morgan fingerprint density at radius 3 is 2.52 bits per heavy atom. The van der Waals surface area contributed by atoms with E-state index in [-0.39, 0.29) is 17.9 Å². The average molecular weight is 365 g/mol. The van der Waals surface area contributed by atoms with E-state index in [4.69, 9.17) is 10.5 Å². The van der Waals surface area contributed by atoms with Crippen molar-refractivity contribution in [3.05, 3.63) is 30.3 Å². The van der Waals surface area contributed by atoms with Crippen molar-refractivity contribution in [2.24, 2.45) is 11.7 Å². The summed E-state index contributed by atoms with van der Waals surface area (Å²) in [5.74, 6) is 0.958. The van der Waals surface area contributed by atoms with Crippen LogP contribution in [0.15, 0.2) is 35.2 Å². The minimum atomic E-state index is -0.391. The van der Waals surface area contributed by atoms with Crippen LogP contribution in [-0.2, 0) is 9.53 Å². The molecule has 1 aliphatic rings. The molecule has 0 saturated carbocycles. The van der Waals surface area contributed by atoms with Gasteiger partial charge < -0.3 is 15.4 Å². The molecule has 1 aromatic rings. The summed E-state index contributed by atoms with van der Waals surface area (Å²) in [6, 6.07) is 10.6. The Morgan fingerprint density at radius 2 is 1.92 bits per heavy atom. The van der Waals surface area contributed by atoms with Crippen LogP contribution in [-0.4, -0.2) is 47.9 Å². The first-order chi connectivity index (χ1) is 11.8. The number of thioether (sulfide) groups is 1. The van der Waals surface area contributed by atoms with E-state index in [0.717, 1.165) is 44.6 Å². The Morgan fingerprint density at radius 1 is 1.28 bits per heavy atom. The van der Waals surface area contributed by atoms with Crippen LogP contribution < -0.4 is 5.73 Å². The Bertz CT molecular complexity index is 522. The number of esters is 1.